The number of aliphatic carboxylic acids is 1. The Labute approximate surface area is 173 Å². The molecule has 2 N–H and O–H groups in total. The maximum Gasteiger partial charge on any atom is 0.471 e. The number of benzene rings is 2. The van der Waals surface area contributed by atoms with Gasteiger partial charge in [-0.05, 0) is 35.9 Å². The van der Waals surface area contributed by atoms with Gasteiger partial charge in [0.25, 0.3) is 5.56 Å². The number of amides is 1. The first-order valence-corrected chi connectivity index (χ1v) is 9.03. The molecule has 0 bridgehead atoms. The molecule has 0 atom stereocenters. The molecule has 0 aliphatic rings. The molecule has 160 valence electrons. The molecule has 0 aliphatic heterocycles. The average molecular weight is 431 g/mol. The molecule has 0 fully saturated rings. The van der Waals surface area contributed by atoms with Crippen molar-refractivity contribution in [3.8, 4) is 0 Å². The standard InChI is InChI=1S/C21H16F3N3O4/c22-21(23,24)20(31)25-14-5-3-4-13(12-14)8-9-17-26-16-7-2-1-6-15(16)19(30)27(17)11-10-18(28)29/h1-9,12H,10-11H2,(H,25,31)(H,28,29). The molecule has 0 spiro atoms. The first-order valence-electron chi connectivity index (χ1n) is 9.03. The van der Waals surface area contributed by atoms with Gasteiger partial charge in [0.15, 0.2) is 0 Å². The van der Waals surface area contributed by atoms with E-state index in [0.717, 1.165) is 0 Å². The predicted molar refractivity (Wildman–Crippen MR) is 108 cm³/mol. The first-order chi connectivity index (χ1) is 14.6. The summed E-state index contributed by atoms with van der Waals surface area (Å²) in [7, 11) is 0. The second-order valence-electron chi connectivity index (χ2n) is 6.50. The van der Waals surface area contributed by atoms with Crippen molar-refractivity contribution in [1.29, 1.82) is 0 Å². The summed E-state index contributed by atoms with van der Waals surface area (Å²) in [6.07, 6.45) is -2.35. The lowest BCUT2D eigenvalue weighted by molar-refractivity contribution is -0.167. The number of para-hydroxylation sites is 1. The zero-order valence-corrected chi connectivity index (χ0v) is 15.9. The maximum atomic E-state index is 12.8. The van der Waals surface area contributed by atoms with Gasteiger partial charge < -0.3 is 10.4 Å². The molecular formula is C21H16F3N3O4. The van der Waals surface area contributed by atoms with E-state index in [2.05, 4.69) is 4.98 Å². The van der Waals surface area contributed by atoms with E-state index in [1.807, 2.05) is 0 Å². The fraction of sp³-hybridized carbons (Fsp3) is 0.143. The Morgan fingerprint density at radius 1 is 1.10 bits per heavy atom. The highest BCUT2D eigenvalue weighted by Gasteiger charge is 2.38. The Bertz CT molecular complexity index is 1230. The number of carbonyl (C=O) groups excluding carboxylic acids is 1. The van der Waals surface area contributed by atoms with Crippen molar-refractivity contribution >= 4 is 40.6 Å². The van der Waals surface area contributed by atoms with E-state index in [9.17, 15) is 27.6 Å². The molecule has 0 unspecified atom stereocenters. The van der Waals surface area contributed by atoms with Crippen molar-refractivity contribution in [2.75, 3.05) is 5.32 Å². The van der Waals surface area contributed by atoms with E-state index in [-0.39, 0.29) is 24.5 Å². The minimum Gasteiger partial charge on any atom is -0.481 e. The molecule has 10 heteroatoms. The number of fused-ring (bicyclic) bond motifs is 1. The second-order valence-corrected chi connectivity index (χ2v) is 6.50. The third kappa shape index (κ3) is 5.35. The SMILES string of the molecule is O=C(O)CCn1c(C=Cc2cccc(NC(=O)C(F)(F)F)c2)nc2ccccc2c1=O. The average Bonchev–Trinajstić information content (AvgIpc) is 2.71. The molecule has 2 aromatic carbocycles. The third-order valence-corrected chi connectivity index (χ3v) is 4.27. The van der Waals surface area contributed by atoms with Crippen LogP contribution in [0.4, 0.5) is 18.9 Å². The molecule has 7 nitrogen and oxygen atoms in total. The topological polar surface area (TPSA) is 101 Å². The fourth-order valence-electron chi connectivity index (χ4n) is 2.83. The van der Waals surface area contributed by atoms with Gasteiger partial charge in [-0.2, -0.15) is 13.2 Å². The van der Waals surface area contributed by atoms with Crippen LogP contribution in [-0.2, 0) is 16.1 Å². The van der Waals surface area contributed by atoms with Gasteiger partial charge in [-0.25, -0.2) is 4.98 Å². The van der Waals surface area contributed by atoms with Crippen LogP contribution in [0.5, 0.6) is 0 Å². The number of carboxylic acid groups (broad SMARTS) is 1. The van der Waals surface area contributed by atoms with Crippen LogP contribution in [0.3, 0.4) is 0 Å². The van der Waals surface area contributed by atoms with E-state index in [1.54, 1.807) is 35.6 Å². The molecule has 1 heterocycles. The minimum absolute atomic E-state index is 0.0563. The van der Waals surface area contributed by atoms with E-state index >= 15 is 0 Å². The summed E-state index contributed by atoms with van der Waals surface area (Å²) in [5, 5.41) is 11.1. The fourth-order valence-corrected chi connectivity index (χ4v) is 2.83. The number of alkyl halides is 3. The molecule has 3 aromatic rings. The van der Waals surface area contributed by atoms with E-state index in [4.69, 9.17) is 5.11 Å². The Morgan fingerprint density at radius 3 is 2.55 bits per heavy atom. The highest BCUT2D eigenvalue weighted by Crippen LogP contribution is 2.20. The zero-order valence-electron chi connectivity index (χ0n) is 15.9. The Kier molecular flexibility index (Phi) is 6.19. The number of anilines is 1. The Hall–Kier alpha value is -3.95. The molecule has 31 heavy (non-hydrogen) atoms. The number of nitrogens with zero attached hydrogens (tertiary/aromatic N) is 2. The van der Waals surface area contributed by atoms with Crippen LogP contribution in [-0.4, -0.2) is 32.7 Å². The number of carbonyl (C=O) groups is 2. The van der Waals surface area contributed by atoms with Crippen molar-refractivity contribution in [3.05, 3.63) is 70.3 Å². The van der Waals surface area contributed by atoms with Gasteiger partial charge in [-0.3, -0.25) is 19.0 Å². The number of carboxylic acids is 1. The van der Waals surface area contributed by atoms with Gasteiger partial charge in [0.1, 0.15) is 5.82 Å². The maximum absolute atomic E-state index is 12.8. The largest absolute Gasteiger partial charge is 0.481 e. The highest BCUT2D eigenvalue weighted by atomic mass is 19.4. The van der Waals surface area contributed by atoms with Crippen LogP contribution < -0.4 is 10.9 Å². The van der Waals surface area contributed by atoms with Gasteiger partial charge in [-0.1, -0.05) is 30.3 Å². The summed E-state index contributed by atoms with van der Waals surface area (Å²) >= 11 is 0. The van der Waals surface area contributed by atoms with Crippen molar-refractivity contribution in [1.82, 2.24) is 9.55 Å². The molecule has 3 rings (SSSR count). The van der Waals surface area contributed by atoms with Gasteiger partial charge in [0.2, 0.25) is 0 Å². The molecule has 0 aliphatic carbocycles. The van der Waals surface area contributed by atoms with Crippen molar-refractivity contribution < 1.29 is 27.9 Å². The zero-order chi connectivity index (χ0) is 22.6. The molecular weight excluding hydrogens is 415 g/mol. The number of nitrogens with one attached hydrogen (secondary N) is 1. The van der Waals surface area contributed by atoms with Crippen LogP contribution in [0, 0.1) is 0 Å². The summed E-state index contributed by atoms with van der Waals surface area (Å²) in [5.74, 6) is -2.98. The van der Waals surface area contributed by atoms with E-state index < -0.39 is 23.6 Å². The Morgan fingerprint density at radius 2 is 1.84 bits per heavy atom. The van der Waals surface area contributed by atoms with Crippen molar-refractivity contribution in [2.45, 2.75) is 19.1 Å². The first kappa shape index (κ1) is 21.8. The van der Waals surface area contributed by atoms with Crippen LogP contribution in [0.15, 0.2) is 53.3 Å². The van der Waals surface area contributed by atoms with Crippen LogP contribution in [0.1, 0.15) is 17.8 Å². The van der Waals surface area contributed by atoms with Crippen molar-refractivity contribution in [2.24, 2.45) is 0 Å². The third-order valence-electron chi connectivity index (χ3n) is 4.27. The Balaban J connectivity index is 1.96. The number of aromatic nitrogens is 2. The molecule has 0 radical (unpaired) electrons. The summed E-state index contributed by atoms with van der Waals surface area (Å²) in [6, 6.07) is 12.3. The minimum atomic E-state index is -5.01. The van der Waals surface area contributed by atoms with Crippen LogP contribution in [0.25, 0.3) is 23.1 Å². The highest BCUT2D eigenvalue weighted by molar-refractivity contribution is 5.95. The lowest BCUT2D eigenvalue weighted by atomic mass is 10.1. The summed E-state index contributed by atoms with van der Waals surface area (Å²) < 4.78 is 38.5. The van der Waals surface area contributed by atoms with E-state index in [0.29, 0.717) is 16.5 Å². The van der Waals surface area contributed by atoms with Gasteiger partial charge in [-0.15, -0.1) is 0 Å². The monoisotopic (exact) mass is 431 g/mol. The van der Waals surface area contributed by atoms with Gasteiger partial charge in [0.05, 0.1) is 17.3 Å². The molecule has 0 saturated carbocycles. The second kappa shape index (κ2) is 8.82. The van der Waals surface area contributed by atoms with Crippen molar-refractivity contribution in [3.63, 3.8) is 0 Å². The molecule has 0 saturated heterocycles. The number of hydrogen-bond donors (Lipinski definition) is 2. The van der Waals surface area contributed by atoms with Gasteiger partial charge in [0, 0.05) is 12.2 Å². The summed E-state index contributed by atoms with van der Waals surface area (Å²) in [5.41, 5.74) is 0.397. The molecule has 1 aromatic heterocycles. The quantitative estimate of drug-likeness (QED) is 0.622. The predicted octanol–water partition coefficient (Wildman–Crippen LogP) is 3.54. The lowest BCUT2D eigenvalue weighted by Gasteiger charge is -2.10. The smallest absolute Gasteiger partial charge is 0.471 e. The van der Waals surface area contributed by atoms with Crippen LogP contribution >= 0.6 is 0 Å². The van der Waals surface area contributed by atoms with Crippen LogP contribution in [0.2, 0.25) is 0 Å². The summed E-state index contributed by atoms with van der Waals surface area (Å²) in [6.45, 7) is -0.104. The number of rotatable bonds is 6. The number of halogens is 3. The summed E-state index contributed by atoms with van der Waals surface area (Å²) in [4.78, 5) is 39.3. The molecule has 1 amide bonds. The van der Waals surface area contributed by atoms with E-state index in [1.165, 1.54) is 34.9 Å². The van der Waals surface area contributed by atoms with Gasteiger partial charge >= 0.3 is 18.1 Å². The normalized spacial score (nSPS) is 11.7. The lowest BCUT2D eigenvalue weighted by Crippen LogP contribution is -2.29. The number of hydrogen-bond acceptors (Lipinski definition) is 4.